The SMILES string of the molecule is CCCCOC(=O)c1ccccc1C(=O)O.O=C(C(=O)c1ccccc1)c1ccccc1. The zero-order chi connectivity index (χ0) is 23.3. The Morgan fingerprint density at radius 1 is 0.688 bits per heavy atom. The van der Waals surface area contributed by atoms with Crippen LogP contribution in [0.4, 0.5) is 0 Å². The maximum atomic E-state index is 11.8. The maximum Gasteiger partial charge on any atom is 0.339 e. The van der Waals surface area contributed by atoms with Gasteiger partial charge in [-0.25, -0.2) is 9.59 Å². The van der Waals surface area contributed by atoms with Gasteiger partial charge in [-0.2, -0.15) is 0 Å². The van der Waals surface area contributed by atoms with Crippen molar-refractivity contribution in [1.82, 2.24) is 0 Å². The molecular weight excluding hydrogens is 408 g/mol. The zero-order valence-electron chi connectivity index (χ0n) is 17.7. The summed E-state index contributed by atoms with van der Waals surface area (Å²) < 4.78 is 4.96. The molecule has 0 unspecified atom stereocenters. The van der Waals surface area contributed by atoms with Gasteiger partial charge in [-0.3, -0.25) is 9.59 Å². The summed E-state index contributed by atoms with van der Waals surface area (Å²) in [7, 11) is 0. The number of hydrogen-bond donors (Lipinski definition) is 1. The van der Waals surface area contributed by atoms with Gasteiger partial charge in [0.05, 0.1) is 17.7 Å². The fourth-order valence-electron chi connectivity index (χ4n) is 2.68. The summed E-state index contributed by atoms with van der Waals surface area (Å²) >= 11 is 0. The molecule has 0 radical (unpaired) electrons. The van der Waals surface area contributed by atoms with Crippen molar-refractivity contribution in [3.8, 4) is 0 Å². The Kier molecular flexibility index (Phi) is 9.53. The zero-order valence-corrected chi connectivity index (χ0v) is 17.7. The summed E-state index contributed by atoms with van der Waals surface area (Å²) in [4.78, 5) is 46.0. The molecular formula is C26H24O6. The number of rotatable bonds is 8. The molecule has 1 N–H and O–H groups in total. The second kappa shape index (κ2) is 12.6. The number of ketones is 2. The number of Topliss-reactive ketones (excluding diaryl/α,β-unsaturated/α-hetero) is 2. The predicted octanol–water partition coefficient (Wildman–Crippen LogP) is 5.09. The molecule has 3 aromatic carbocycles. The first-order valence-electron chi connectivity index (χ1n) is 10.1. The van der Waals surface area contributed by atoms with Crippen LogP contribution in [0.2, 0.25) is 0 Å². The van der Waals surface area contributed by atoms with E-state index < -0.39 is 23.5 Å². The lowest BCUT2D eigenvalue weighted by Gasteiger charge is -2.06. The van der Waals surface area contributed by atoms with Gasteiger partial charge >= 0.3 is 11.9 Å². The molecule has 3 aromatic rings. The molecule has 0 fully saturated rings. The summed E-state index contributed by atoms with van der Waals surface area (Å²) in [6, 6.07) is 23.2. The standard InChI is InChI=1S/C14H10O2.C12H14O4/c15-13(11-7-3-1-4-8-11)14(16)12-9-5-2-6-10-12;1-2-3-8-16-12(15)10-7-5-4-6-9(10)11(13)14/h1-10H;4-7H,2-3,8H2,1H3,(H,13,14). The normalized spacial score (nSPS) is 9.78. The molecule has 6 nitrogen and oxygen atoms in total. The van der Waals surface area contributed by atoms with Gasteiger partial charge in [0.2, 0.25) is 11.6 Å². The average Bonchev–Trinajstić information content (AvgIpc) is 2.84. The number of carboxylic acid groups (broad SMARTS) is 1. The predicted molar refractivity (Wildman–Crippen MR) is 120 cm³/mol. The molecule has 32 heavy (non-hydrogen) atoms. The number of carboxylic acids is 1. The smallest absolute Gasteiger partial charge is 0.339 e. The van der Waals surface area contributed by atoms with Crippen LogP contribution >= 0.6 is 0 Å². The van der Waals surface area contributed by atoms with Gasteiger partial charge in [-0.1, -0.05) is 86.1 Å². The molecule has 0 saturated heterocycles. The lowest BCUT2D eigenvalue weighted by Crippen LogP contribution is -2.14. The molecule has 6 heteroatoms. The van der Waals surface area contributed by atoms with Crippen LogP contribution in [0.5, 0.6) is 0 Å². The summed E-state index contributed by atoms with van der Waals surface area (Å²) in [5, 5.41) is 8.88. The van der Waals surface area contributed by atoms with Gasteiger partial charge < -0.3 is 9.84 Å². The maximum absolute atomic E-state index is 11.8. The Balaban J connectivity index is 0.000000227. The van der Waals surface area contributed by atoms with E-state index in [1.54, 1.807) is 60.7 Å². The van der Waals surface area contributed by atoms with E-state index in [2.05, 4.69) is 0 Å². The van der Waals surface area contributed by atoms with Crippen LogP contribution in [0.15, 0.2) is 84.9 Å². The van der Waals surface area contributed by atoms with E-state index in [4.69, 9.17) is 9.84 Å². The quantitative estimate of drug-likeness (QED) is 0.230. The number of carbonyl (C=O) groups is 4. The molecule has 0 aliphatic carbocycles. The molecule has 0 heterocycles. The molecule has 3 rings (SSSR count). The van der Waals surface area contributed by atoms with E-state index in [-0.39, 0.29) is 11.1 Å². The van der Waals surface area contributed by atoms with E-state index in [9.17, 15) is 19.2 Å². The van der Waals surface area contributed by atoms with E-state index in [1.807, 2.05) is 19.1 Å². The topological polar surface area (TPSA) is 97.7 Å². The molecule has 0 spiro atoms. The number of aromatic carboxylic acids is 1. The minimum atomic E-state index is -1.12. The van der Waals surface area contributed by atoms with Gasteiger partial charge in [0, 0.05) is 11.1 Å². The van der Waals surface area contributed by atoms with Crippen LogP contribution < -0.4 is 0 Å². The van der Waals surface area contributed by atoms with Gasteiger partial charge in [0.25, 0.3) is 0 Å². The first-order valence-corrected chi connectivity index (χ1v) is 10.1. The molecule has 0 bridgehead atoms. The number of esters is 1. The monoisotopic (exact) mass is 432 g/mol. The van der Waals surface area contributed by atoms with E-state index in [0.29, 0.717) is 17.7 Å². The van der Waals surface area contributed by atoms with Gasteiger partial charge in [0.15, 0.2) is 0 Å². The van der Waals surface area contributed by atoms with Gasteiger partial charge in [-0.15, -0.1) is 0 Å². The summed E-state index contributed by atoms with van der Waals surface area (Å²) in [5.74, 6) is -2.63. The largest absolute Gasteiger partial charge is 0.478 e. The lowest BCUT2D eigenvalue weighted by atomic mass is 10.0. The second-order valence-corrected chi connectivity index (χ2v) is 6.73. The van der Waals surface area contributed by atoms with Crippen LogP contribution in [0, 0.1) is 0 Å². The summed E-state index contributed by atoms with van der Waals surface area (Å²) in [6.07, 6.45) is 1.70. The molecule has 0 aromatic heterocycles. The highest BCUT2D eigenvalue weighted by Crippen LogP contribution is 2.11. The first-order chi connectivity index (χ1) is 15.5. The third kappa shape index (κ3) is 7.02. The van der Waals surface area contributed by atoms with Crippen molar-refractivity contribution in [3.63, 3.8) is 0 Å². The lowest BCUT2D eigenvalue weighted by molar-refractivity contribution is 0.0489. The summed E-state index contributed by atoms with van der Waals surface area (Å²) in [6.45, 7) is 2.31. The minimum Gasteiger partial charge on any atom is -0.478 e. The highest BCUT2D eigenvalue weighted by atomic mass is 16.5. The van der Waals surface area contributed by atoms with Crippen LogP contribution in [0.1, 0.15) is 61.2 Å². The van der Waals surface area contributed by atoms with Crippen LogP contribution in [-0.4, -0.2) is 35.2 Å². The van der Waals surface area contributed by atoms with Gasteiger partial charge in [-0.05, 0) is 18.6 Å². The van der Waals surface area contributed by atoms with Crippen LogP contribution in [0.25, 0.3) is 0 Å². The van der Waals surface area contributed by atoms with E-state index in [1.165, 1.54) is 12.1 Å². The van der Waals surface area contributed by atoms with Crippen LogP contribution in [-0.2, 0) is 4.74 Å². The summed E-state index contributed by atoms with van der Waals surface area (Å²) in [5.41, 5.74) is 0.933. The minimum absolute atomic E-state index is 0.0241. The fraction of sp³-hybridized carbons (Fsp3) is 0.154. The van der Waals surface area contributed by atoms with Crippen molar-refractivity contribution in [2.45, 2.75) is 19.8 Å². The van der Waals surface area contributed by atoms with Crippen molar-refractivity contribution in [1.29, 1.82) is 0 Å². The third-order valence-electron chi connectivity index (χ3n) is 4.39. The number of ether oxygens (including phenoxy) is 1. The highest BCUT2D eigenvalue weighted by Gasteiger charge is 2.17. The van der Waals surface area contributed by atoms with Crippen molar-refractivity contribution in [2.24, 2.45) is 0 Å². The number of carbonyl (C=O) groups excluding carboxylic acids is 3. The Hall–Kier alpha value is -4.06. The van der Waals surface area contributed by atoms with Gasteiger partial charge in [0.1, 0.15) is 0 Å². The van der Waals surface area contributed by atoms with Crippen molar-refractivity contribution in [2.75, 3.05) is 6.61 Å². The Bertz CT molecular complexity index is 1010. The van der Waals surface area contributed by atoms with Crippen molar-refractivity contribution < 1.29 is 29.0 Å². The molecule has 0 aliphatic rings. The number of unbranched alkanes of at least 4 members (excludes halogenated alkanes) is 1. The first kappa shape index (κ1) is 24.2. The second-order valence-electron chi connectivity index (χ2n) is 6.73. The highest BCUT2D eigenvalue weighted by molar-refractivity contribution is 6.49. The molecule has 164 valence electrons. The Morgan fingerprint density at radius 2 is 1.12 bits per heavy atom. The number of benzene rings is 3. The van der Waals surface area contributed by atoms with E-state index in [0.717, 1.165) is 12.8 Å². The molecule has 0 atom stereocenters. The van der Waals surface area contributed by atoms with Crippen molar-refractivity contribution >= 4 is 23.5 Å². The fourth-order valence-corrected chi connectivity index (χ4v) is 2.68. The third-order valence-corrected chi connectivity index (χ3v) is 4.39. The Morgan fingerprint density at radius 3 is 1.56 bits per heavy atom. The molecule has 0 amide bonds. The molecule has 0 saturated carbocycles. The average molecular weight is 432 g/mol. The number of hydrogen-bond acceptors (Lipinski definition) is 5. The van der Waals surface area contributed by atoms with Crippen molar-refractivity contribution in [3.05, 3.63) is 107 Å². The van der Waals surface area contributed by atoms with Crippen LogP contribution in [0.3, 0.4) is 0 Å². The van der Waals surface area contributed by atoms with E-state index >= 15 is 0 Å². The molecule has 0 aliphatic heterocycles. The Labute approximate surface area is 186 Å².